The summed E-state index contributed by atoms with van der Waals surface area (Å²) in [5.74, 6) is 5.02. The van der Waals surface area contributed by atoms with E-state index in [1.165, 1.54) is 7.05 Å². The Morgan fingerprint density at radius 1 is 1.33 bits per heavy atom. The number of amides is 2. The largest absolute Gasteiger partial charge is 0.464 e. The van der Waals surface area contributed by atoms with E-state index in [9.17, 15) is 9.59 Å². The number of piperidine rings is 1. The maximum Gasteiger partial charge on any atom is 0.323 e. The molecule has 10 heteroatoms. The van der Waals surface area contributed by atoms with Gasteiger partial charge < -0.3 is 10.1 Å². The number of rotatable bonds is 5. The molecule has 1 saturated heterocycles. The quantitative estimate of drug-likeness (QED) is 0.359. The third kappa shape index (κ3) is 3.34. The SMILES string of the molecule is CCOc1nc(NN)nc(NC2CCC(=O)N(C)C2=O)n1. The van der Waals surface area contributed by atoms with Crippen LogP contribution in [0.25, 0.3) is 0 Å². The summed E-state index contributed by atoms with van der Waals surface area (Å²) in [7, 11) is 1.45. The molecule has 0 aliphatic carbocycles. The van der Waals surface area contributed by atoms with Gasteiger partial charge >= 0.3 is 6.01 Å². The number of nitrogen functional groups attached to an aromatic ring is 1. The Hall–Kier alpha value is -2.49. The molecule has 1 aliphatic rings. The van der Waals surface area contributed by atoms with Crippen LogP contribution in [0.4, 0.5) is 11.9 Å². The van der Waals surface area contributed by atoms with Crippen LogP contribution in [-0.2, 0) is 9.59 Å². The van der Waals surface area contributed by atoms with Gasteiger partial charge in [-0.05, 0) is 13.3 Å². The fraction of sp³-hybridized carbons (Fsp3) is 0.545. The highest BCUT2D eigenvalue weighted by Crippen LogP contribution is 2.17. The van der Waals surface area contributed by atoms with E-state index in [0.717, 1.165) is 4.90 Å². The van der Waals surface area contributed by atoms with Crippen molar-refractivity contribution in [2.45, 2.75) is 25.8 Å². The number of nitrogens with zero attached hydrogens (tertiary/aromatic N) is 4. The average molecular weight is 295 g/mol. The van der Waals surface area contributed by atoms with Crippen molar-refractivity contribution in [2.24, 2.45) is 5.84 Å². The molecule has 2 amide bonds. The molecule has 0 radical (unpaired) electrons. The smallest absolute Gasteiger partial charge is 0.323 e. The zero-order chi connectivity index (χ0) is 15.4. The molecule has 21 heavy (non-hydrogen) atoms. The fourth-order valence-electron chi connectivity index (χ4n) is 1.88. The zero-order valence-electron chi connectivity index (χ0n) is 11.8. The second-order valence-corrected chi connectivity index (χ2v) is 4.37. The number of hydrazine groups is 1. The Bertz CT molecular complexity index is 551. The van der Waals surface area contributed by atoms with Gasteiger partial charge in [-0.25, -0.2) is 5.84 Å². The molecule has 0 saturated carbocycles. The van der Waals surface area contributed by atoms with Crippen LogP contribution in [0.2, 0.25) is 0 Å². The predicted octanol–water partition coefficient (Wildman–Crippen LogP) is -0.885. The van der Waals surface area contributed by atoms with Crippen molar-refractivity contribution in [3.05, 3.63) is 0 Å². The summed E-state index contributed by atoms with van der Waals surface area (Å²) in [6.45, 7) is 2.17. The molecular weight excluding hydrogens is 278 g/mol. The van der Waals surface area contributed by atoms with E-state index < -0.39 is 6.04 Å². The Morgan fingerprint density at radius 2 is 2.05 bits per heavy atom. The third-order valence-corrected chi connectivity index (χ3v) is 2.97. The van der Waals surface area contributed by atoms with Gasteiger partial charge in [0.25, 0.3) is 5.91 Å². The number of hydrogen-bond donors (Lipinski definition) is 3. The lowest BCUT2D eigenvalue weighted by Crippen LogP contribution is -2.48. The number of aromatic nitrogens is 3. The van der Waals surface area contributed by atoms with Gasteiger partial charge in [0, 0.05) is 13.5 Å². The lowest BCUT2D eigenvalue weighted by Gasteiger charge is -2.28. The molecule has 10 nitrogen and oxygen atoms in total. The Morgan fingerprint density at radius 3 is 2.71 bits per heavy atom. The highest BCUT2D eigenvalue weighted by Gasteiger charge is 2.32. The first-order chi connectivity index (χ1) is 10.0. The number of carbonyl (C=O) groups excluding carboxylic acids is 2. The lowest BCUT2D eigenvalue weighted by molar-refractivity contribution is -0.146. The fourth-order valence-corrected chi connectivity index (χ4v) is 1.88. The van der Waals surface area contributed by atoms with E-state index in [1.54, 1.807) is 6.92 Å². The summed E-state index contributed by atoms with van der Waals surface area (Å²) in [5.41, 5.74) is 2.30. The van der Waals surface area contributed by atoms with Crippen LogP contribution in [0.15, 0.2) is 0 Å². The molecule has 2 rings (SSSR count). The molecular formula is C11H17N7O3. The Balaban J connectivity index is 2.16. The topological polar surface area (TPSA) is 135 Å². The first-order valence-corrected chi connectivity index (χ1v) is 6.47. The van der Waals surface area contributed by atoms with Crippen molar-refractivity contribution in [3.63, 3.8) is 0 Å². The van der Waals surface area contributed by atoms with Crippen molar-refractivity contribution in [3.8, 4) is 6.01 Å². The number of anilines is 2. The summed E-state index contributed by atoms with van der Waals surface area (Å²) in [6.07, 6.45) is 0.661. The van der Waals surface area contributed by atoms with Gasteiger partial charge in [-0.3, -0.25) is 19.9 Å². The van der Waals surface area contributed by atoms with Crippen molar-refractivity contribution < 1.29 is 14.3 Å². The highest BCUT2D eigenvalue weighted by atomic mass is 16.5. The van der Waals surface area contributed by atoms with E-state index in [1.807, 2.05) is 0 Å². The number of imide groups is 1. The second-order valence-electron chi connectivity index (χ2n) is 4.37. The average Bonchev–Trinajstić information content (AvgIpc) is 2.48. The maximum absolute atomic E-state index is 12.0. The van der Waals surface area contributed by atoms with Crippen LogP contribution >= 0.6 is 0 Å². The Kier molecular flexibility index (Phi) is 4.48. The highest BCUT2D eigenvalue weighted by molar-refractivity contribution is 6.01. The van der Waals surface area contributed by atoms with E-state index in [-0.39, 0.29) is 36.1 Å². The standard InChI is InChI=1S/C11H17N7O3/c1-3-21-11-15-9(14-10(16-11)17-12)13-6-4-5-7(19)18(2)8(6)20/h6H,3-5,12H2,1-2H3,(H2,13,14,15,16,17). The molecule has 114 valence electrons. The van der Waals surface area contributed by atoms with Gasteiger partial charge in [-0.1, -0.05) is 0 Å². The molecule has 2 heterocycles. The summed E-state index contributed by atoms with van der Waals surface area (Å²) in [4.78, 5) is 36.5. The van der Waals surface area contributed by atoms with Crippen LogP contribution in [0.5, 0.6) is 6.01 Å². The van der Waals surface area contributed by atoms with Crippen molar-refractivity contribution in [1.82, 2.24) is 19.9 Å². The van der Waals surface area contributed by atoms with Gasteiger partial charge in [0.1, 0.15) is 6.04 Å². The number of likely N-dealkylation sites (tertiary alicyclic amines) is 1. The molecule has 0 aromatic carbocycles. The minimum atomic E-state index is -0.574. The first kappa shape index (κ1) is 14.9. The lowest BCUT2D eigenvalue weighted by atomic mass is 10.1. The van der Waals surface area contributed by atoms with Gasteiger partial charge in [-0.2, -0.15) is 15.0 Å². The monoisotopic (exact) mass is 295 g/mol. The van der Waals surface area contributed by atoms with E-state index in [2.05, 4.69) is 25.7 Å². The third-order valence-electron chi connectivity index (χ3n) is 2.97. The number of carbonyl (C=O) groups is 2. The minimum Gasteiger partial charge on any atom is -0.464 e. The van der Waals surface area contributed by atoms with E-state index >= 15 is 0 Å². The molecule has 1 atom stereocenters. The molecule has 1 aliphatic heterocycles. The van der Waals surface area contributed by atoms with Crippen LogP contribution in [0, 0.1) is 0 Å². The first-order valence-electron chi connectivity index (χ1n) is 6.47. The number of hydrogen-bond acceptors (Lipinski definition) is 9. The molecule has 1 unspecified atom stereocenters. The minimum absolute atomic E-state index is 0.0932. The normalized spacial score (nSPS) is 18.6. The van der Waals surface area contributed by atoms with Crippen molar-refractivity contribution in [1.29, 1.82) is 0 Å². The maximum atomic E-state index is 12.0. The van der Waals surface area contributed by atoms with Crippen LogP contribution in [0.1, 0.15) is 19.8 Å². The number of nitrogens with one attached hydrogen (secondary N) is 2. The van der Waals surface area contributed by atoms with Gasteiger partial charge in [0.15, 0.2) is 0 Å². The molecule has 0 spiro atoms. The van der Waals surface area contributed by atoms with Gasteiger partial charge in [0.2, 0.25) is 17.8 Å². The predicted molar refractivity (Wildman–Crippen MR) is 73.2 cm³/mol. The Labute approximate surface area is 121 Å². The molecule has 4 N–H and O–H groups in total. The van der Waals surface area contributed by atoms with Crippen LogP contribution in [-0.4, -0.2) is 51.4 Å². The summed E-state index contributed by atoms with van der Waals surface area (Å²) in [5, 5.41) is 2.87. The number of likely N-dealkylation sites (N-methyl/N-ethyl adjacent to an activating group) is 1. The summed E-state index contributed by atoms with van der Waals surface area (Å²) in [6, 6.07) is -0.481. The van der Waals surface area contributed by atoms with Gasteiger partial charge in [0.05, 0.1) is 6.61 Å². The molecule has 1 fully saturated rings. The second kappa shape index (κ2) is 6.31. The molecule has 0 bridgehead atoms. The van der Waals surface area contributed by atoms with Crippen molar-refractivity contribution in [2.75, 3.05) is 24.4 Å². The van der Waals surface area contributed by atoms with Crippen molar-refractivity contribution >= 4 is 23.7 Å². The molecule has 1 aromatic heterocycles. The molecule has 1 aromatic rings. The number of nitrogens with two attached hydrogens (primary N) is 1. The van der Waals surface area contributed by atoms with Crippen LogP contribution < -0.4 is 21.3 Å². The van der Waals surface area contributed by atoms with Gasteiger partial charge in [-0.15, -0.1) is 0 Å². The zero-order valence-corrected chi connectivity index (χ0v) is 11.8. The van der Waals surface area contributed by atoms with E-state index in [4.69, 9.17) is 10.6 Å². The van der Waals surface area contributed by atoms with E-state index in [0.29, 0.717) is 13.0 Å². The summed E-state index contributed by atoms with van der Waals surface area (Å²) < 4.78 is 5.20. The van der Waals surface area contributed by atoms with Crippen LogP contribution in [0.3, 0.4) is 0 Å². The number of ether oxygens (including phenoxy) is 1. The summed E-state index contributed by atoms with van der Waals surface area (Å²) >= 11 is 0.